The number of hydrogen-bond donors (Lipinski definition) is 1. The summed E-state index contributed by atoms with van der Waals surface area (Å²) in [6, 6.07) is 9.82. The molecule has 0 radical (unpaired) electrons. The Labute approximate surface area is 143 Å². The van der Waals surface area contributed by atoms with E-state index in [1.54, 1.807) is 0 Å². The van der Waals surface area contributed by atoms with Crippen molar-refractivity contribution in [1.29, 1.82) is 0 Å². The molecule has 2 N–H and O–H groups in total. The number of likely N-dealkylation sites (tertiary alicyclic amines) is 2. The zero-order valence-electron chi connectivity index (χ0n) is 14.4. The predicted molar refractivity (Wildman–Crippen MR) is 93.1 cm³/mol. The molecule has 1 aromatic rings. The predicted octanol–water partition coefficient (Wildman–Crippen LogP) is 1.94. The van der Waals surface area contributed by atoms with Gasteiger partial charge in [-0.25, -0.2) is 0 Å². The van der Waals surface area contributed by atoms with Crippen molar-refractivity contribution >= 4 is 11.8 Å². The first-order valence-corrected chi connectivity index (χ1v) is 8.96. The van der Waals surface area contributed by atoms with Gasteiger partial charge in [0.05, 0.1) is 5.92 Å². The zero-order valence-corrected chi connectivity index (χ0v) is 14.4. The zero-order chi connectivity index (χ0) is 17.1. The highest BCUT2D eigenvalue weighted by atomic mass is 16.2. The Hall–Kier alpha value is -1.88. The average molecular weight is 329 g/mol. The van der Waals surface area contributed by atoms with Gasteiger partial charge in [0.15, 0.2) is 0 Å². The van der Waals surface area contributed by atoms with Gasteiger partial charge in [-0.3, -0.25) is 9.59 Å². The van der Waals surface area contributed by atoms with Gasteiger partial charge >= 0.3 is 0 Å². The van der Waals surface area contributed by atoms with Crippen molar-refractivity contribution in [3.05, 3.63) is 35.9 Å². The number of carbonyl (C=O) groups excluding carboxylic acids is 2. The molecule has 0 saturated carbocycles. The van der Waals surface area contributed by atoms with Crippen LogP contribution in [0.1, 0.15) is 44.2 Å². The smallest absolute Gasteiger partial charge is 0.227 e. The van der Waals surface area contributed by atoms with Gasteiger partial charge in [-0.1, -0.05) is 37.3 Å². The van der Waals surface area contributed by atoms with Crippen LogP contribution in [-0.4, -0.2) is 47.3 Å². The number of rotatable bonds is 4. The molecule has 24 heavy (non-hydrogen) atoms. The molecule has 5 nitrogen and oxygen atoms in total. The number of nitrogens with zero attached hydrogens (tertiary/aromatic N) is 2. The van der Waals surface area contributed by atoms with Gasteiger partial charge in [-0.05, 0) is 24.8 Å². The molecule has 0 aliphatic carbocycles. The van der Waals surface area contributed by atoms with E-state index in [2.05, 4.69) is 0 Å². The summed E-state index contributed by atoms with van der Waals surface area (Å²) >= 11 is 0. The van der Waals surface area contributed by atoms with Gasteiger partial charge in [-0.2, -0.15) is 0 Å². The topological polar surface area (TPSA) is 66.6 Å². The van der Waals surface area contributed by atoms with Crippen LogP contribution >= 0.6 is 0 Å². The summed E-state index contributed by atoms with van der Waals surface area (Å²) < 4.78 is 0. The number of hydrogen-bond acceptors (Lipinski definition) is 3. The second-order valence-electron chi connectivity index (χ2n) is 6.97. The van der Waals surface area contributed by atoms with Gasteiger partial charge < -0.3 is 15.5 Å². The average Bonchev–Trinajstić information content (AvgIpc) is 3.06. The van der Waals surface area contributed by atoms with Gasteiger partial charge in [0.1, 0.15) is 0 Å². The summed E-state index contributed by atoms with van der Waals surface area (Å²) in [7, 11) is 0. The molecule has 2 aliphatic rings. The Kier molecular flexibility index (Phi) is 5.19. The highest BCUT2D eigenvalue weighted by Crippen LogP contribution is 2.25. The largest absolute Gasteiger partial charge is 0.342 e. The number of amides is 2. The van der Waals surface area contributed by atoms with Gasteiger partial charge in [0.25, 0.3) is 0 Å². The molecule has 2 fully saturated rings. The first-order valence-electron chi connectivity index (χ1n) is 8.96. The van der Waals surface area contributed by atoms with Crippen LogP contribution in [-0.2, 0) is 9.59 Å². The Morgan fingerprint density at radius 1 is 1.17 bits per heavy atom. The number of benzene rings is 1. The van der Waals surface area contributed by atoms with Crippen molar-refractivity contribution < 1.29 is 9.59 Å². The molecule has 130 valence electrons. The Morgan fingerprint density at radius 2 is 1.83 bits per heavy atom. The Balaban J connectivity index is 1.55. The number of nitrogens with two attached hydrogens (primary N) is 1. The minimum Gasteiger partial charge on any atom is -0.342 e. The monoisotopic (exact) mass is 329 g/mol. The highest BCUT2D eigenvalue weighted by molar-refractivity contribution is 5.80. The van der Waals surface area contributed by atoms with E-state index in [1.807, 2.05) is 47.1 Å². The molecule has 0 aromatic heterocycles. The highest BCUT2D eigenvalue weighted by Gasteiger charge is 2.34. The SMILES string of the molecule is C[C@H](C(=O)N1CCC(N2CCCC2=O)CC1)[C@@H](N)c1ccccc1. The molecular weight excluding hydrogens is 302 g/mol. The first kappa shape index (κ1) is 17.0. The van der Waals surface area contributed by atoms with E-state index < -0.39 is 0 Å². The molecule has 3 rings (SSSR count). The summed E-state index contributed by atoms with van der Waals surface area (Å²) in [5.41, 5.74) is 7.29. The molecule has 5 heteroatoms. The summed E-state index contributed by atoms with van der Waals surface area (Å²) in [5, 5.41) is 0. The van der Waals surface area contributed by atoms with Crippen LogP contribution in [0.3, 0.4) is 0 Å². The number of piperidine rings is 1. The number of carbonyl (C=O) groups is 2. The van der Waals surface area contributed by atoms with Gasteiger partial charge in [0.2, 0.25) is 11.8 Å². The van der Waals surface area contributed by atoms with E-state index in [0.717, 1.165) is 44.5 Å². The van der Waals surface area contributed by atoms with E-state index in [9.17, 15) is 9.59 Å². The third kappa shape index (κ3) is 3.46. The van der Waals surface area contributed by atoms with Crippen molar-refractivity contribution in [3.63, 3.8) is 0 Å². The van der Waals surface area contributed by atoms with Crippen molar-refractivity contribution in [2.75, 3.05) is 19.6 Å². The van der Waals surface area contributed by atoms with Crippen molar-refractivity contribution in [2.24, 2.45) is 11.7 Å². The lowest BCUT2D eigenvalue weighted by Gasteiger charge is -2.38. The summed E-state index contributed by atoms with van der Waals surface area (Å²) in [5.74, 6) is 0.161. The maximum Gasteiger partial charge on any atom is 0.227 e. The molecular formula is C19H27N3O2. The lowest BCUT2D eigenvalue weighted by atomic mass is 9.93. The lowest BCUT2D eigenvalue weighted by Crippen LogP contribution is -2.49. The van der Waals surface area contributed by atoms with E-state index in [1.165, 1.54) is 0 Å². The van der Waals surface area contributed by atoms with Crippen molar-refractivity contribution in [1.82, 2.24) is 9.80 Å². The molecule has 0 unspecified atom stereocenters. The molecule has 2 aliphatic heterocycles. The minimum absolute atomic E-state index is 0.123. The summed E-state index contributed by atoms with van der Waals surface area (Å²) in [6.07, 6.45) is 3.42. The Bertz CT molecular complexity index is 582. The molecule has 0 bridgehead atoms. The molecule has 2 saturated heterocycles. The lowest BCUT2D eigenvalue weighted by molar-refractivity contribution is -0.138. The van der Waals surface area contributed by atoms with Crippen LogP contribution in [0.5, 0.6) is 0 Å². The molecule has 2 amide bonds. The first-order chi connectivity index (χ1) is 11.6. The van der Waals surface area contributed by atoms with Crippen LogP contribution in [0.25, 0.3) is 0 Å². The fourth-order valence-electron chi connectivity index (χ4n) is 3.86. The maximum atomic E-state index is 12.8. The van der Waals surface area contributed by atoms with E-state index in [0.29, 0.717) is 12.5 Å². The normalized spacial score (nSPS) is 21.8. The summed E-state index contributed by atoms with van der Waals surface area (Å²) in [4.78, 5) is 28.6. The fraction of sp³-hybridized carbons (Fsp3) is 0.579. The van der Waals surface area contributed by atoms with Crippen LogP contribution in [0, 0.1) is 5.92 Å². The van der Waals surface area contributed by atoms with E-state index >= 15 is 0 Å². The van der Waals surface area contributed by atoms with E-state index in [-0.39, 0.29) is 23.8 Å². The third-order valence-corrected chi connectivity index (χ3v) is 5.44. The molecule has 2 heterocycles. The van der Waals surface area contributed by atoms with Crippen LogP contribution < -0.4 is 5.73 Å². The van der Waals surface area contributed by atoms with Crippen molar-refractivity contribution in [3.8, 4) is 0 Å². The van der Waals surface area contributed by atoms with Gasteiger partial charge in [0, 0.05) is 38.1 Å². The molecule has 2 atom stereocenters. The quantitative estimate of drug-likeness (QED) is 0.918. The van der Waals surface area contributed by atoms with Crippen LogP contribution in [0.2, 0.25) is 0 Å². The molecule has 1 aromatic carbocycles. The second-order valence-corrected chi connectivity index (χ2v) is 6.97. The Morgan fingerprint density at radius 3 is 2.42 bits per heavy atom. The van der Waals surface area contributed by atoms with Crippen LogP contribution in [0.15, 0.2) is 30.3 Å². The molecule has 0 spiro atoms. The second kappa shape index (κ2) is 7.34. The van der Waals surface area contributed by atoms with Crippen LogP contribution in [0.4, 0.5) is 0 Å². The fourth-order valence-corrected chi connectivity index (χ4v) is 3.86. The van der Waals surface area contributed by atoms with E-state index in [4.69, 9.17) is 5.73 Å². The maximum absolute atomic E-state index is 12.8. The third-order valence-electron chi connectivity index (χ3n) is 5.44. The van der Waals surface area contributed by atoms with Gasteiger partial charge in [-0.15, -0.1) is 0 Å². The standard InChI is InChI=1S/C19H27N3O2/c1-14(18(20)15-6-3-2-4-7-15)19(24)21-12-9-16(10-13-21)22-11-5-8-17(22)23/h2-4,6-7,14,16,18H,5,8-13,20H2,1H3/t14-,18+/m0/s1. The summed E-state index contributed by atoms with van der Waals surface area (Å²) in [6.45, 7) is 4.24. The minimum atomic E-state index is -0.281. The van der Waals surface area contributed by atoms with Crippen molar-refractivity contribution in [2.45, 2.75) is 44.7 Å².